The van der Waals surface area contributed by atoms with Crippen LogP contribution >= 0.6 is 11.3 Å². The number of carbonyl (C=O) groups is 2. The van der Waals surface area contributed by atoms with Gasteiger partial charge in [0.2, 0.25) is 0 Å². The van der Waals surface area contributed by atoms with Crippen molar-refractivity contribution in [3.8, 4) is 5.75 Å². The van der Waals surface area contributed by atoms with Gasteiger partial charge in [0.05, 0.1) is 12.2 Å². The number of cyclic esters (lactones) is 1. The van der Waals surface area contributed by atoms with Gasteiger partial charge in [-0.25, -0.2) is 9.78 Å². The number of aromatic nitrogens is 1. The van der Waals surface area contributed by atoms with E-state index in [0.717, 1.165) is 5.56 Å². The number of morpholine rings is 1. The van der Waals surface area contributed by atoms with Crippen molar-refractivity contribution in [3.05, 3.63) is 45.9 Å². The van der Waals surface area contributed by atoms with Gasteiger partial charge in [0.15, 0.2) is 17.7 Å². The molecule has 30 heavy (non-hydrogen) atoms. The molecule has 2 atom stereocenters. The van der Waals surface area contributed by atoms with Gasteiger partial charge < -0.3 is 14.6 Å². The lowest BCUT2D eigenvalue weighted by Gasteiger charge is -2.35. The van der Waals surface area contributed by atoms with Gasteiger partial charge in [0.25, 0.3) is 0 Å². The molecule has 0 radical (unpaired) electrons. The highest BCUT2D eigenvalue weighted by Gasteiger charge is 2.37. The molecule has 2 unspecified atom stereocenters. The lowest BCUT2D eigenvalue weighted by Crippen LogP contribution is -2.46. The summed E-state index contributed by atoms with van der Waals surface area (Å²) in [6.07, 6.45) is -4.81. The maximum absolute atomic E-state index is 12.8. The van der Waals surface area contributed by atoms with Crippen LogP contribution in [0.15, 0.2) is 29.6 Å². The Morgan fingerprint density at radius 1 is 1.40 bits per heavy atom. The number of ether oxygens (including phenoxy) is 2. The predicted octanol–water partition coefficient (Wildman–Crippen LogP) is 3.16. The zero-order chi connectivity index (χ0) is 21.9. The lowest BCUT2D eigenvalue weighted by atomic mass is 10.0. The van der Waals surface area contributed by atoms with Crippen LogP contribution in [0.5, 0.6) is 5.75 Å². The summed E-state index contributed by atoms with van der Waals surface area (Å²) >= 11 is 0.476. The Labute approximate surface area is 174 Å². The molecule has 2 aromatic rings. The number of carbonyl (C=O) groups excluding carboxylic acids is 1. The van der Waals surface area contributed by atoms with Crippen LogP contribution in [-0.4, -0.2) is 52.7 Å². The SMILES string of the molecule is CC(Cc1ccc(OCC(=O)O)cc1)N1CC(=O)OC(c2csc(C(F)(F)F)n2)C1. The number of alkyl halides is 3. The molecular weight excluding hydrogens is 425 g/mol. The fraction of sp³-hybridized carbons (Fsp3) is 0.421. The highest BCUT2D eigenvalue weighted by Crippen LogP contribution is 2.34. The standard InChI is InChI=1S/C19H19F3N2O5S/c1-11(6-12-2-4-13(5-3-12)28-9-16(25)26)24-7-15(29-17(27)8-24)14-10-30-18(23-14)19(20,21)22/h2-5,10-11,15H,6-9H2,1H3,(H,25,26). The van der Waals surface area contributed by atoms with Crippen molar-refractivity contribution in [1.82, 2.24) is 9.88 Å². The number of halogens is 3. The maximum Gasteiger partial charge on any atom is 0.443 e. The first-order chi connectivity index (χ1) is 14.1. The van der Waals surface area contributed by atoms with Crippen LogP contribution < -0.4 is 4.74 Å². The second-order valence-corrected chi connectivity index (χ2v) is 7.72. The molecule has 1 aliphatic heterocycles. The quantitative estimate of drug-likeness (QED) is 0.657. The zero-order valence-corrected chi connectivity index (χ0v) is 16.7. The third-order valence-electron chi connectivity index (χ3n) is 4.54. The molecule has 162 valence electrons. The molecule has 0 amide bonds. The van der Waals surface area contributed by atoms with Crippen LogP contribution in [0.4, 0.5) is 13.2 Å². The number of carboxylic acids is 1. The van der Waals surface area contributed by atoms with Gasteiger partial charge in [-0.2, -0.15) is 13.2 Å². The molecule has 2 heterocycles. The van der Waals surface area contributed by atoms with E-state index in [-0.39, 0.29) is 24.8 Å². The number of esters is 1. The Morgan fingerprint density at radius 2 is 2.10 bits per heavy atom. The largest absolute Gasteiger partial charge is 0.482 e. The summed E-state index contributed by atoms with van der Waals surface area (Å²) in [5, 5.41) is 8.93. The van der Waals surface area contributed by atoms with Crippen molar-refractivity contribution in [3.63, 3.8) is 0 Å². The van der Waals surface area contributed by atoms with Gasteiger partial charge in [0.1, 0.15) is 5.75 Å². The Kier molecular flexibility index (Phi) is 6.61. The minimum atomic E-state index is -4.53. The van der Waals surface area contributed by atoms with E-state index in [2.05, 4.69) is 4.98 Å². The first-order valence-corrected chi connectivity index (χ1v) is 9.89. The molecule has 0 bridgehead atoms. The van der Waals surface area contributed by atoms with Gasteiger partial charge >= 0.3 is 18.1 Å². The Morgan fingerprint density at radius 3 is 2.70 bits per heavy atom. The van der Waals surface area contributed by atoms with Crippen molar-refractivity contribution in [2.24, 2.45) is 0 Å². The van der Waals surface area contributed by atoms with E-state index in [9.17, 15) is 22.8 Å². The van der Waals surface area contributed by atoms with E-state index < -0.39 is 35.8 Å². The Balaban J connectivity index is 1.62. The second kappa shape index (κ2) is 9.00. The van der Waals surface area contributed by atoms with Crippen molar-refractivity contribution in [1.29, 1.82) is 0 Å². The molecule has 1 saturated heterocycles. The van der Waals surface area contributed by atoms with E-state index in [0.29, 0.717) is 23.5 Å². The number of aliphatic carboxylic acids is 1. The van der Waals surface area contributed by atoms with E-state index in [1.165, 1.54) is 5.38 Å². The van der Waals surface area contributed by atoms with Crippen LogP contribution in [0.2, 0.25) is 0 Å². The number of carboxylic acid groups (broad SMARTS) is 1. The number of hydrogen-bond donors (Lipinski definition) is 1. The van der Waals surface area contributed by atoms with Gasteiger partial charge in [-0.15, -0.1) is 11.3 Å². The van der Waals surface area contributed by atoms with E-state index in [1.807, 2.05) is 11.8 Å². The highest BCUT2D eigenvalue weighted by atomic mass is 32.1. The van der Waals surface area contributed by atoms with Crippen LogP contribution in [-0.2, 0) is 26.9 Å². The number of benzene rings is 1. The third-order valence-corrected chi connectivity index (χ3v) is 5.45. The van der Waals surface area contributed by atoms with Crippen LogP contribution in [0.25, 0.3) is 0 Å². The Hall–Kier alpha value is -2.66. The summed E-state index contributed by atoms with van der Waals surface area (Å²) in [5.41, 5.74) is 1.03. The summed E-state index contributed by atoms with van der Waals surface area (Å²) in [5.74, 6) is -1.15. The fourth-order valence-corrected chi connectivity index (χ4v) is 3.80. The molecule has 0 spiro atoms. The minimum absolute atomic E-state index is 0.0355. The van der Waals surface area contributed by atoms with E-state index in [4.69, 9.17) is 14.6 Å². The summed E-state index contributed by atoms with van der Waals surface area (Å²) in [7, 11) is 0. The molecule has 3 rings (SSSR count). The Bertz CT molecular complexity index is 900. The molecule has 0 aliphatic carbocycles. The smallest absolute Gasteiger partial charge is 0.443 e. The van der Waals surface area contributed by atoms with Gasteiger partial charge in [-0.1, -0.05) is 12.1 Å². The molecule has 1 aromatic heterocycles. The molecular formula is C19H19F3N2O5S. The average Bonchev–Trinajstić information content (AvgIpc) is 3.18. The monoisotopic (exact) mass is 444 g/mol. The molecule has 1 fully saturated rings. The van der Waals surface area contributed by atoms with Gasteiger partial charge in [-0.3, -0.25) is 9.69 Å². The topological polar surface area (TPSA) is 89.0 Å². The molecule has 1 N–H and O–H groups in total. The van der Waals surface area contributed by atoms with Crippen molar-refractivity contribution in [2.75, 3.05) is 19.7 Å². The summed E-state index contributed by atoms with van der Waals surface area (Å²) < 4.78 is 48.7. The van der Waals surface area contributed by atoms with Crippen molar-refractivity contribution >= 4 is 23.3 Å². The number of rotatable bonds is 7. The molecule has 1 aromatic carbocycles. The first kappa shape index (κ1) is 22.0. The van der Waals surface area contributed by atoms with Gasteiger partial charge in [0, 0.05) is 18.0 Å². The summed E-state index contributed by atoms with van der Waals surface area (Å²) in [6.45, 7) is 1.76. The minimum Gasteiger partial charge on any atom is -0.482 e. The maximum atomic E-state index is 12.8. The summed E-state index contributed by atoms with van der Waals surface area (Å²) in [6, 6.07) is 6.82. The van der Waals surface area contributed by atoms with E-state index >= 15 is 0 Å². The average molecular weight is 444 g/mol. The zero-order valence-electron chi connectivity index (χ0n) is 15.9. The van der Waals surface area contributed by atoms with Crippen LogP contribution in [0.1, 0.15) is 29.3 Å². The van der Waals surface area contributed by atoms with Crippen molar-refractivity contribution in [2.45, 2.75) is 31.7 Å². The first-order valence-electron chi connectivity index (χ1n) is 9.01. The molecule has 7 nitrogen and oxygen atoms in total. The molecule has 11 heteroatoms. The predicted molar refractivity (Wildman–Crippen MR) is 100 cm³/mol. The molecule has 1 aliphatic rings. The van der Waals surface area contributed by atoms with Gasteiger partial charge in [-0.05, 0) is 31.0 Å². The third kappa shape index (κ3) is 5.70. The van der Waals surface area contributed by atoms with Crippen molar-refractivity contribution < 1.29 is 37.3 Å². The second-order valence-electron chi connectivity index (χ2n) is 6.86. The molecule has 0 saturated carbocycles. The van der Waals surface area contributed by atoms with Crippen LogP contribution in [0.3, 0.4) is 0 Å². The number of hydrogen-bond acceptors (Lipinski definition) is 7. The normalized spacial score (nSPS) is 18.7. The summed E-state index contributed by atoms with van der Waals surface area (Å²) in [4.78, 5) is 28.0. The number of thiazole rings is 1. The highest BCUT2D eigenvalue weighted by molar-refractivity contribution is 7.09. The van der Waals surface area contributed by atoms with Crippen LogP contribution in [0, 0.1) is 0 Å². The fourth-order valence-electron chi connectivity index (χ4n) is 3.07. The number of nitrogens with zero attached hydrogens (tertiary/aromatic N) is 2. The lowest BCUT2D eigenvalue weighted by molar-refractivity contribution is -0.161. The van der Waals surface area contributed by atoms with E-state index in [1.54, 1.807) is 24.3 Å².